The van der Waals surface area contributed by atoms with Crippen LogP contribution in [0.5, 0.6) is 0 Å². The van der Waals surface area contributed by atoms with Crippen molar-refractivity contribution in [2.45, 2.75) is 50.6 Å². The minimum atomic E-state index is -0.251. The standard InChI is InChI=1S/C20H28N2O/c1-2-3-11-19(23)20-13-12-18(15-21-16-20)22(20)14-7-10-17-8-5-4-6-9-17/h4-10,18,21H,2-3,11-16H2,1H3. The molecule has 2 heterocycles. The summed E-state index contributed by atoms with van der Waals surface area (Å²) in [6.45, 7) is 4.87. The summed E-state index contributed by atoms with van der Waals surface area (Å²) < 4.78 is 0. The molecule has 3 heteroatoms. The minimum absolute atomic E-state index is 0.251. The summed E-state index contributed by atoms with van der Waals surface area (Å²) >= 11 is 0. The Morgan fingerprint density at radius 1 is 1.39 bits per heavy atom. The van der Waals surface area contributed by atoms with Gasteiger partial charge in [0.2, 0.25) is 0 Å². The molecule has 0 radical (unpaired) electrons. The quantitative estimate of drug-likeness (QED) is 0.839. The highest BCUT2D eigenvalue weighted by Crippen LogP contribution is 2.38. The average molecular weight is 312 g/mol. The van der Waals surface area contributed by atoms with E-state index in [0.717, 1.165) is 51.7 Å². The SMILES string of the molecule is CCCCC(=O)C12CCC(CNC1)N2CC=Cc1ccccc1. The maximum atomic E-state index is 12.9. The van der Waals surface area contributed by atoms with E-state index in [1.165, 1.54) is 5.56 Å². The van der Waals surface area contributed by atoms with E-state index in [0.29, 0.717) is 11.8 Å². The van der Waals surface area contributed by atoms with Gasteiger partial charge in [0.25, 0.3) is 0 Å². The maximum absolute atomic E-state index is 12.9. The first-order valence-electron chi connectivity index (χ1n) is 8.98. The number of hydrogen-bond acceptors (Lipinski definition) is 3. The molecule has 2 unspecified atom stereocenters. The number of carbonyl (C=O) groups excluding carboxylic acids is 1. The maximum Gasteiger partial charge on any atom is 0.154 e. The van der Waals surface area contributed by atoms with Crippen molar-refractivity contribution in [2.24, 2.45) is 0 Å². The molecule has 0 spiro atoms. The molecule has 0 amide bonds. The average Bonchev–Trinajstić information content (AvgIpc) is 2.79. The molecule has 2 saturated heterocycles. The summed E-state index contributed by atoms with van der Waals surface area (Å²) in [4.78, 5) is 15.3. The van der Waals surface area contributed by atoms with Crippen molar-refractivity contribution < 1.29 is 4.79 Å². The fraction of sp³-hybridized carbons (Fsp3) is 0.550. The zero-order valence-corrected chi connectivity index (χ0v) is 14.1. The third-order valence-electron chi connectivity index (χ3n) is 5.37. The molecule has 0 aliphatic carbocycles. The predicted molar refractivity (Wildman–Crippen MR) is 95.3 cm³/mol. The highest BCUT2D eigenvalue weighted by molar-refractivity contribution is 5.89. The van der Waals surface area contributed by atoms with Crippen molar-refractivity contribution in [2.75, 3.05) is 19.6 Å². The van der Waals surface area contributed by atoms with Crippen LogP contribution in [-0.4, -0.2) is 41.9 Å². The van der Waals surface area contributed by atoms with Crippen molar-refractivity contribution in [3.8, 4) is 0 Å². The smallest absolute Gasteiger partial charge is 0.154 e. The largest absolute Gasteiger partial charge is 0.313 e. The van der Waals surface area contributed by atoms with Gasteiger partial charge in [0, 0.05) is 32.1 Å². The van der Waals surface area contributed by atoms with E-state index in [2.05, 4.69) is 53.6 Å². The van der Waals surface area contributed by atoms with Gasteiger partial charge in [-0.2, -0.15) is 0 Å². The fourth-order valence-electron chi connectivity index (χ4n) is 4.06. The van der Waals surface area contributed by atoms with Gasteiger partial charge in [-0.15, -0.1) is 0 Å². The van der Waals surface area contributed by atoms with Crippen molar-refractivity contribution in [1.82, 2.24) is 10.2 Å². The first-order chi connectivity index (χ1) is 11.3. The number of unbranched alkanes of at least 4 members (excludes halogenated alkanes) is 1. The van der Waals surface area contributed by atoms with E-state index in [-0.39, 0.29) is 5.54 Å². The summed E-state index contributed by atoms with van der Waals surface area (Å²) in [5.74, 6) is 0.446. The Balaban J connectivity index is 1.71. The first-order valence-corrected chi connectivity index (χ1v) is 8.98. The normalized spacial score (nSPS) is 27.6. The molecular weight excluding hydrogens is 284 g/mol. The van der Waals surface area contributed by atoms with Crippen LogP contribution in [0.1, 0.15) is 44.6 Å². The molecule has 2 aliphatic rings. The van der Waals surface area contributed by atoms with Crippen molar-refractivity contribution in [3.05, 3.63) is 42.0 Å². The molecule has 23 heavy (non-hydrogen) atoms. The lowest BCUT2D eigenvalue weighted by Crippen LogP contribution is -2.64. The molecule has 1 aromatic rings. The highest BCUT2D eigenvalue weighted by Gasteiger charge is 2.52. The third kappa shape index (κ3) is 3.41. The van der Waals surface area contributed by atoms with Crippen LogP contribution in [0.3, 0.4) is 0 Å². The lowest BCUT2D eigenvalue weighted by molar-refractivity contribution is -0.131. The second-order valence-electron chi connectivity index (χ2n) is 6.85. The van der Waals surface area contributed by atoms with Crippen LogP contribution in [-0.2, 0) is 4.79 Å². The van der Waals surface area contributed by atoms with Gasteiger partial charge >= 0.3 is 0 Å². The van der Waals surface area contributed by atoms with Gasteiger partial charge in [0.15, 0.2) is 5.78 Å². The molecule has 124 valence electrons. The van der Waals surface area contributed by atoms with E-state index in [4.69, 9.17) is 0 Å². The lowest BCUT2D eigenvalue weighted by atomic mass is 9.87. The van der Waals surface area contributed by atoms with E-state index in [1.54, 1.807) is 0 Å². The van der Waals surface area contributed by atoms with Crippen LogP contribution in [0, 0.1) is 0 Å². The molecule has 0 aromatic heterocycles. The van der Waals surface area contributed by atoms with Gasteiger partial charge in [-0.05, 0) is 24.8 Å². The Bertz CT molecular complexity index is 550. The predicted octanol–water partition coefficient (Wildman–Crippen LogP) is 3.27. The van der Waals surface area contributed by atoms with Crippen LogP contribution >= 0.6 is 0 Å². The molecule has 3 nitrogen and oxygen atoms in total. The highest BCUT2D eigenvalue weighted by atomic mass is 16.1. The number of fused-ring (bicyclic) bond motifs is 2. The number of hydrogen-bond donors (Lipinski definition) is 1. The summed E-state index contributed by atoms with van der Waals surface area (Å²) in [6.07, 6.45) is 9.39. The minimum Gasteiger partial charge on any atom is -0.313 e. The zero-order chi connectivity index (χ0) is 16.1. The van der Waals surface area contributed by atoms with Gasteiger partial charge in [0.1, 0.15) is 0 Å². The van der Waals surface area contributed by atoms with Gasteiger partial charge in [-0.3, -0.25) is 9.69 Å². The van der Waals surface area contributed by atoms with E-state index >= 15 is 0 Å². The summed E-state index contributed by atoms with van der Waals surface area (Å²) in [7, 11) is 0. The molecular formula is C20H28N2O. The molecule has 1 N–H and O–H groups in total. The van der Waals surface area contributed by atoms with Crippen molar-refractivity contribution in [1.29, 1.82) is 0 Å². The lowest BCUT2D eigenvalue weighted by Gasteiger charge is -2.43. The van der Waals surface area contributed by atoms with Crippen LogP contribution in [0.25, 0.3) is 6.08 Å². The Labute approximate surface area is 139 Å². The number of benzene rings is 1. The Kier molecular flexibility index (Phi) is 5.29. The van der Waals surface area contributed by atoms with E-state index in [9.17, 15) is 4.79 Å². The Morgan fingerprint density at radius 2 is 2.22 bits per heavy atom. The molecule has 2 bridgehead atoms. The fourth-order valence-corrected chi connectivity index (χ4v) is 4.06. The number of ketones is 1. The van der Waals surface area contributed by atoms with Crippen LogP contribution in [0.15, 0.2) is 36.4 Å². The monoisotopic (exact) mass is 312 g/mol. The molecule has 2 fully saturated rings. The first kappa shape index (κ1) is 16.4. The third-order valence-corrected chi connectivity index (χ3v) is 5.37. The molecule has 3 rings (SSSR count). The summed E-state index contributed by atoms with van der Waals surface area (Å²) in [6, 6.07) is 10.9. The summed E-state index contributed by atoms with van der Waals surface area (Å²) in [5.41, 5.74) is 0.973. The molecule has 2 atom stereocenters. The van der Waals surface area contributed by atoms with Crippen LogP contribution in [0.2, 0.25) is 0 Å². The summed E-state index contributed by atoms with van der Waals surface area (Å²) in [5, 5.41) is 3.50. The number of rotatable bonds is 7. The zero-order valence-electron chi connectivity index (χ0n) is 14.1. The second-order valence-corrected chi connectivity index (χ2v) is 6.85. The molecule has 1 aromatic carbocycles. The van der Waals surface area contributed by atoms with Crippen molar-refractivity contribution >= 4 is 11.9 Å². The number of nitrogens with zero attached hydrogens (tertiary/aromatic N) is 1. The Morgan fingerprint density at radius 3 is 3.00 bits per heavy atom. The topological polar surface area (TPSA) is 32.3 Å². The van der Waals surface area contributed by atoms with Crippen LogP contribution in [0.4, 0.5) is 0 Å². The van der Waals surface area contributed by atoms with E-state index < -0.39 is 0 Å². The second kappa shape index (κ2) is 7.41. The van der Waals surface area contributed by atoms with Crippen LogP contribution < -0.4 is 5.32 Å². The Hall–Kier alpha value is -1.45. The van der Waals surface area contributed by atoms with E-state index in [1.807, 2.05) is 6.07 Å². The van der Waals surface area contributed by atoms with Gasteiger partial charge in [-0.1, -0.05) is 55.8 Å². The number of piperazine rings is 1. The molecule has 0 saturated carbocycles. The van der Waals surface area contributed by atoms with Crippen molar-refractivity contribution in [3.63, 3.8) is 0 Å². The molecule has 2 aliphatic heterocycles. The number of Topliss-reactive ketones (excluding diaryl/α,β-unsaturated/α-hetero) is 1. The van der Waals surface area contributed by atoms with Gasteiger partial charge in [-0.25, -0.2) is 0 Å². The van der Waals surface area contributed by atoms with Gasteiger partial charge in [0.05, 0.1) is 5.54 Å². The number of carbonyl (C=O) groups is 1. The number of nitrogens with one attached hydrogen (secondary N) is 1. The van der Waals surface area contributed by atoms with Gasteiger partial charge < -0.3 is 5.32 Å².